The molecule has 1 heterocycles. The lowest BCUT2D eigenvalue weighted by Crippen LogP contribution is -2.21. The Labute approximate surface area is 111 Å². The van der Waals surface area contributed by atoms with Crippen LogP contribution in [-0.2, 0) is 0 Å². The van der Waals surface area contributed by atoms with Gasteiger partial charge in [-0.1, -0.05) is 18.2 Å². The molecule has 5 heteroatoms. The lowest BCUT2D eigenvalue weighted by molar-refractivity contribution is 0.211. The maximum atomic E-state index is 9.47. The summed E-state index contributed by atoms with van der Waals surface area (Å²) in [4.78, 5) is 0. The molecular formula is C13H16ClN3O. The number of halogens is 1. The molecule has 0 aliphatic carbocycles. The van der Waals surface area contributed by atoms with Gasteiger partial charge in [-0.2, -0.15) is 5.10 Å². The minimum absolute atomic E-state index is 0.219. The predicted octanol–water partition coefficient (Wildman–Crippen LogP) is 2.40. The first-order chi connectivity index (χ1) is 8.70. The number of hydrogen-bond donors (Lipinski definition) is 3. The number of H-pyrrole nitrogens is 1. The van der Waals surface area contributed by atoms with Gasteiger partial charge in [0.25, 0.3) is 0 Å². The molecule has 0 aliphatic rings. The van der Waals surface area contributed by atoms with Crippen molar-refractivity contribution in [1.29, 1.82) is 0 Å². The first-order valence-corrected chi connectivity index (χ1v) is 6.33. The van der Waals surface area contributed by atoms with Crippen molar-refractivity contribution in [2.45, 2.75) is 13.0 Å². The summed E-state index contributed by atoms with van der Waals surface area (Å²) in [5.41, 5.74) is 3.84. The molecule has 2 aromatic rings. The largest absolute Gasteiger partial charge is 0.390 e. The van der Waals surface area contributed by atoms with Crippen LogP contribution in [-0.4, -0.2) is 33.8 Å². The van der Waals surface area contributed by atoms with Crippen molar-refractivity contribution in [3.05, 3.63) is 36.0 Å². The van der Waals surface area contributed by atoms with Gasteiger partial charge < -0.3 is 10.4 Å². The lowest BCUT2D eigenvalue weighted by Gasteiger charge is -2.12. The van der Waals surface area contributed by atoms with Gasteiger partial charge in [0.2, 0.25) is 0 Å². The van der Waals surface area contributed by atoms with Crippen molar-refractivity contribution >= 4 is 17.3 Å². The van der Waals surface area contributed by atoms with E-state index in [1.165, 1.54) is 0 Å². The van der Waals surface area contributed by atoms with Crippen molar-refractivity contribution in [3.63, 3.8) is 0 Å². The summed E-state index contributed by atoms with van der Waals surface area (Å²) in [6, 6.07) is 9.84. The number of nitrogens with zero attached hydrogens (tertiary/aromatic N) is 1. The van der Waals surface area contributed by atoms with E-state index in [4.69, 9.17) is 11.6 Å². The maximum absolute atomic E-state index is 9.47. The number of para-hydroxylation sites is 1. The molecule has 0 saturated carbocycles. The van der Waals surface area contributed by atoms with E-state index in [0.29, 0.717) is 6.54 Å². The van der Waals surface area contributed by atoms with Crippen LogP contribution in [0.4, 0.5) is 5.69 Å². The number of aryl methyl sites for hydroxylation is 1. The number of rotatable bonds is 5. The van der Waals surface area contributed by atoms with Crippen LogP contribution < -0.4 is 5.32 Å². The normalized spacial score (nSPS) is 12.4. The molecule has 0 aliphatic heterocycles. The van der Waals surface area contributed by atoms with Gasteiger partial charge in [0.1, 0.15) is 0 Å². The molecule has 0 saturated heterocycles. The van der Waals surface area contributed by atoms with Crippen LogP contribution in [0, 0.1) is 6.92 Å². The Hall–Kier alpha value is -1.52. The minimum atomic E-state index is -0.555. The number of hydrogen-bond acceptors (Lipinski definition) is 3. The molecule has 96 valence electrons. The van der Waals surface area contributed by atoms with Crippen molar-refractivity contribution in [3.8, 4) is 11.3 Å². The highest BCUT2D eigenvalue weighted by atomic mass is 35.5. The Balaban J connectivity index is 2.20. The van der Waals surface area contributed by atoms with Gasteiger partial charge in [0.05, 0.1) is 17.7 Å². The summed E-state index contributed by atoms with van der Waals surface area (Å²) < 4.78 is 0. The Morgan fingerprint density at radius 1 is 1.44 bits per heavy atom. The number of aromatic nitrogens is 2. The zero-order valence-corrected chi connectivity index (χ0v) is 10.9. The molecule has 4 nitrogen and oxygen atoms in total. The second-order valence-electron chi connectivity index (χ2n) is 4.17. The smallest absolute Gasteiger partial charge is 0.0944 e. The number of benzene rings is 1. The number of anilines is 1. The molecule has 2 rings (SSSR count). The number of aliphatic hydroxyl groups excluding tert-OH is 1. The van der Waals surface area contributed by atoms with Crippen LogP contribution in [0.3, 0.4) is 0 Å². The number of alkyl halides is 1. The zero-order valence-electron chi connectivity index (χ0n) is 10.2. The van der Waals surface area contributed by atoms with Gasteiger partial charge in [-0.05, 0) is 19.1 Å². The quantitative estimate of drug-likeness (QED) is 0.728. The standard InChI is InChI=1S/C13H16ClN3O/c1-9-6-13(17-16-9)11-4-2-3-5-12(11)15-8-10(18)7-14/h2-6,10,15,18H,7-8H2,1H3,(H,16,17). The number of aromatic amines is 1. The molecule has 0 bridgehead atoms. The van der Waals surface area contributed by atoms with Crippen LogP contribution in [0.5, 0.6) is 0 Å². The summed E-state index contributed by atoms with van der Waals surface area (Å²) in [6.45, 7) is 2.38. The molecule has 18 heavy (non-hydrogen) atoms. The average molecular weight is 266 g/mol. The van der Waals surface area contributed by atoms with Crippen molar-refractivity contribution in [2.24, 2.45) is 0 Å². The molecule has 0 radical (unpaired) electrons. The van der Waals surface area contributed by atoms with Gasteiger partial charge in [-0.3, -0.25) is 5.10 Å². The summed E-state index contributed by atoms with van der Waals surface area (Å²) in [7, 11) is 0. The van der Waals surface area contributed by atoms with Crippen LogP contribution in [0.2, 0.25) is 0 Å². The highest BCUT2D eigenvalue weighted by Gasteiger charge is 2.08. The van der Waals surface area contributed by atoms with E-state index in [1.54, 1.807) is 0 Å². The summed E-state index contributed by atoms with van der Waals surface area (Å²) in [5, 5.41) is 19.8. The van der Waals surface area contributed by atoms with E-state index in [1.807, 2.05) is 37.3 Å². The van der Waals surface area contributed by atoms with E-state index in [0.717, 1.165) is 22.6 Å². The third kappa shape index (κ3) is 3.03. The van der Waals surface area contributed by atoms with Crippen LogP contribution in [0.25, 0.3) is 11.3 Å². The summed E-state index contributed by atoms with van der Waals surface area (Å²) in [5.74, 6) is 0.219. The third-order valence-corrected chi connectivity index (χ3v) is 2.97. The highest BCUT2D eigenvalue weighted by Crippen LogP contribution is 2.26. The monoisotopic (exact) mass is 265 g/mol. The summed E-state index contributed by atoms with van der Waals surface area (Å²) >= 11 is 5.57. The first kappa shape index (κ1) is 12.9. The molecular weight excluding hydrogens is 250 g/mol. The molecule has 1 unspecified atom stereocenters. The molecule has 1 atom stereocenters. The second-order valence-corrected chi connectivity index (χ2v) is 4.48. The molecule has 0 amide bonds. The molecule has 3 N–H and O–H groups in total. The van der Waals surface area contributed by atoms with Crippen LogP contribution in [0.15, 0.2) is 30.3 Å². The molecule has 1 aromatic carbocycles. The lowest BCUT2D eigenvalue weighted by atomic mass is 10.1. The van der Waals surface area contributed by atoms with Crippen molar-refractivity contribution < 1.29 is 5.11 Å². The van der Waals surface area contributed by atoms with Gasteiger partial charge in [-0.25, -0.2) is 0 Å². The van der Waals surface area contributed by atoms with Gasteiger partial charge >= 0.3 is 0 Å². The molecule has 1 aromatic heterocycles. The fourth-order valence-electron chi connectivity index (χ4n) is 1.70. The van der Waals surface area contributed by atoms with E-state index < -0.39 is 6.10 Å². The molecule has 0 fully saturated rings. The Bertz CT molecular complexity index is 512. The van der Waals surface area contributed by atoms with Crippen molar-refractivity contribution in [1.82, 2.24) is 10.2 Å². The topological polar surface area (TPSA) is 60.9 Å². The number of aliphatic hydroxyl groups is 1. The molecule has 0 spiro atoms. The van der Waals surface area contributed by atoms with Crippen LogP contribution in [0.1, 0.15) is 5.69 Å². The predicted molar refractivity (Wildman–Crippen MR) is 74.0 cm³/mol. The van der Waals surface area contributed by atoms with Crippen molar-refractivity contribution in [2.75, 3.05) is 17.7 Å². The maximum Gasteiger partial charge on any atom is 0.0944 e. The first-order valence-electron chi connectivity index (χ1n) is 5.80. The highest BCUT2D eigenvalue weighted by molar-refractivity contribution is 6.18. The fraction of sp³-hybridized carbons (Fsp3) is 0.308. The van der Waals surface area contributed by atoms with Gasteiger partial charge in [0, 0.05) is 23.5 Å². The van der Waals surface area contributed by atoms with E-state index in [-0.39, 0.29) is 5.88 Å². The van der Waals surface area contributed by atoms with E-state index in [9.17, 15) is 5.11 Å². The van der Waals surface area contributed by atoms with E-state index in [2.05, 4.69) is 15.5 Å². The Kier molecular flexibility index (Phi) is 4.23. The van der Waals surface area contributed by atoms with Gasteiger partial charge in [0.15, 0.2) is 0 Å². The SMILES string of the molecule is Cc1cc(-c2ccccc2NCC(O)CCl)n[nH]1. The fourth-order valence-corrected chi connectivity index (χ4v) is 1.81. The third-order valence-electron chi connectivity index (χ3n) is 2.62. The Morgan fingerprint density at radius 3 is 2.89 bits per heavy atom. The minimum Gasteiger partial charge on any atom is -0.390 e. The number of nitrogens with one attached hydrogen (secondary N) is 2. The summed E-state index contributed by atoms with van der Waals surface area (Å²) in [6.07, 6.45) is -0.555. The van der Waals surface area contributed by atoms with Crippen LogP contribution >= 0.6 is 11.6 Å². The average Bonchev–Trinajstić information content (AvgIpc) is 2.83. The van der Waals surface area contributed by atoms with Gasteiger partial charge in [-0.15, -0.1) is 11.6 Å². The van der Waals surface area contributed by atoms with E-state index >= 15 is 0 Å². The Morgan fingerprint density at radius 2 is 2.22 bits per heavy atom. The zero-order chi connectivity index (χ0) is 13.0. The second kappa shape index (κ2) is 5.89.